The minimum absolute atomic E-state index is 0.0820. The smallest absolute Gasteiger partial charge is 0.224 e. The van der Waals surface area contributed by atoms with Crippen LogP contribution in [-0.2, 0) is 17.8 Å². The molecule has 0 saturated heterocycles. The lowest BCUT2D eigenvalue weighted by atomic mass is 9.97. The number of amides is 1. The Morgan fingerprint density at radius 2 is 2.21 bits per heavy atom. The number of aromatic amines is 1. The molecule has 0 atom stereocenters. The average Bonchev–Trinajstić information content (AvgIpc) is 2.79. The summed E-state index contributed by atoms with van der Waals surface area (Å²) in [4.78, 5) is 11.3. The normalized spacial score (nSPS) is 14.1. The summed E-state index contributed by atoms with van der Waals surface area (Å²) in [6.07, 6.45) is 1.32. The molecular weight excluding hydrogens is 240 g/mol. The van der Waals surface area contributed by atoms with E-state index in [1.165, 1.54) is 0 Å². The van der Waals surface area contributed by atoms with E-state index in [2.05, 4.69) is 21.6 Å². The highest BCUT2D eigenvalue weighted by Gasteiger charge is 2.17. The van der Waals surface area contributed by atoms with Crippen LogP contribution < -0.4 is 11.1 Å². The van der Waals surface area contributed by atoms with Crippen LogP contribution in [0.4, 0.5) is 5.69 Å². The van der Waals surface area contributed by atoms with Crippen molar-refractivity contribution < 1.29 is 4.79 Å². The summed E-state index contributed by atoms with van der Waals surface area (Å²) < 4.78 is 0. The number of anilines is 1. The fourth-order valence-corrected chi connectivity index (χ4v) is 2.47. The zero-order valence-electron chi connectivity index (χ0n) is 10.8. The number of hydrogen-bond acceptors (Lipinski definition) is 3. The number of nitrogens with one attached hydrogen (secondary N) is 2. The standard InChI is InChI=1S/C14H16N4O/c1-8-11(7-15)14(18-17-8)10-2-4-12-9(6-10)3-5-13(19)16-12/h2,4,6H,3,5,7,15H2,1H3,(H,16,19)(H,17,18). The Kier molecular flexibility index (Phi) is 2.83. The van der Waals surface area contributed by atoms with Gasteiger partial charge in [0.05, 0.1) is 5.69 Å². The van der Waals surface area contributed by atoms with Crippen molar-refractivity contribution in [3.05, 3.63) is 35.0 Å². The van der Waals surface area contributed by atoms with Gasteiger partial charge in [0.25, 0.3) is 0 Å². The summed E-state index contributed by atoms with van der Waals surface area (Å²) >= 11 is 0. The van der Waals surface area contributed by atoms with Crippen LogP contribution in [0.1, 0.15) is 23.2 Å². The predicted molar refractivity (Wildman–Crippen MR) is 73.6 cm³/mol. The number of nitrogens with zero attached hydrogens (tertiary/aromatic N) is 1. The number of carbonyl (C=O) groups is 1. The molecule has 0 fully saturated rings. The van der Waals surface area contributed by atoms with Crippen molar-refractivity contribution in [3.63, 3.8) is 0 Å². The van der Waals surface area contributed by atoms with Gasteiger partial charge < -0.3 is 11.1 Å². The third-order valence-corrected chi connectivity index (χ3v) is 3.55. The molecule has 0 saturated carbocycles. The van der Waals surface area contributed by atoms with Gasteiger partial charge in [0, 0.05) is 35.5 Å². The van der Waals surface area contributed by atoms with Crippen LogP contribution in [0.3, 0.4) is 0 Å². The zero-order valence-corrected chi connectivity index (χ0v) is 10.8. The first-order valence-corrected chi connectivity index (χ1v) is 6.36. The van der Waals surface area contributed by atoms with E-state index >= 15 is 0 Å². The minimum Gasteiger partial charge on any atom is -0.326 e. The molecule has 19 heavy (non-hydrogen) atoms. The van der Waals surface area contributed by atoms with Crippen molar-refractivity contribution in [2.45, 2.75) is 26.3 Å². The van der Waals surface area contributed by atoms with Crippen molar-refractivity contribution in [3.8, 4) is 11.3 Å². The molecule has 0 unspecified atom stereocenters. The van der Waals surface area contributed by atoms with E-state index in [4.69, 9.17) is 5.73 Å². The second-order valence-corrected chi connectivity index (χ2v) is 4.80. The molecule has 2 aromatic rings. The van der Waals surface area contributed by atoms with Crippen molar-refractivity contribution in [2.75, 3.05) is 5.32 Å². The van der Waals surface area contributed by atoms with Gasteiger partial charge in [0.15, 0.2) is 0 Å². The van der Waals surface area contributed by atoms with Crippen molar-refractivity contribution in [1.29, 1.82) is 0 Å². The van der Waals surface area contributed by atoms with E-state index in [1.54, 1.807) is 0 Å². The van der Waals surface area contributed by atoms with Gasteiger partial charge in [-0.15, -0.1) is 0 Å². The largest absolute Gasteiger partial charge is 0.326 e. The first-order valence-electron chi connectivity index (χ1n) is 6.36. The highest BCUT2D eigenvalue weighted by Crippen LogP contribution is 2.30. The molecule has 1 aliphatic heterocycles. The van der Waals surface area contributed by atoms with Gasteiger partial charge in [0.1, 0.15) is 0 Å². The molecule has 5 heteroatoms. The van der Waals surface area contributed by atoms with E-state index < -0.39 is 0 Å². The molecule has 0 radical (unpaired) electrons. The Morgan fingerprint density at radius 1 is 1.37 bits per heavy atom. The average molecular weight is 256 g/mol. The number of aromatic nitrogens is 2. The van der Waals surface area contributed by atoms with Gasteiger partial charge >= 0.3 is 0 Å². The molecule has 2 heterocycles. The van der Waals surface area contributed by atoms with Crippen LogP contribution in [-0.4, -0.2) is 16.1 Å². The molecule has 0 bridgehead atoms. The molecule has 1 amide bonds. The summed E-state index contributed by atoms with van der Waals surface area (Å²) in [7, 11) is 0. The van der Waals surface area contributed by atoms with Gasteiger partial charge in [-0.1, -0.05) is 6.07 Å². The maximum Gasteiger partial charge on any atom is 0.224 e. The first kappa shape index (κ1) is 11.9. The van der Waals surface area contributed by atoms with E-state index in [-0.39, 0.29) is 5.91 Å². The van der Waals surface area contributed by atoms with Gasteiger partial charge in [-0.05, 0) is 31.0 Å². The highest BCUT2D eigenvalue weighted by molar-refractivity contribution is 5.94. The minimum atomic E-state index is 0.0820. The number of benzene rings is 1. The predicted octanol–water partition coefficient (Wildman–Crippen LogP) is 1.73. The van der Waals surface area contributed by atoms with Crippen molar-refractivity contribution >= 4 is 11.6 Å². The van der Waals surface area contributed by atoms with Crippen LogP contribution in [0.5, 0.6) is 0 Å². The third kappa shape index (κ3) is 2.02. The van der Waals surface area contributed by atoms with Crippen molar-refractivity contribution in [1.82, 2.24) is 10.2 Å². The Hall–Kier alpha value is -2.14. The van der Waals surface area contributed by atoms with E-state index in [0.29, 0.717) is 13.0 Å². The summed E-state index contributed by atoms with van der Waals surface area (Å²) in [5, 5.41) is 10.2. The molecule has 98 valence electrons. The van der Waals surface area contributed by atoms with E-state index in [1.807, 2.05) is 19.1 Å². The molecule has 0 spiro atoms. The summed E-state index contributed by atoms with van der Waals surface area (Å²) in [6, 6.07) is 5.99. The van der Waals surface area contributed by atoms with Gasteiger partial charge in [-0.3, -0.25) is 9.89 Å². The monoisotopic (exact) mass is 256 g/mol. The van der Waals surface area contributed by atoms with E-state index in [9.17, 15) is 4.79 Å². The molecule has 1 aromatic heterocycles. The Morgan fingerprint density at radius 3 is 3.00 bits per heavy atom. The van der Waals surface area contributed by atoms with E-state index in [0.717, 1.165) is 40.2 Å². The number of hydrogen-bond donors (Lipinski definition) is 3. The first-order chi connectivity index (χ1) is 9.19. The quantitative estimate of drug-likeness (QED) is 0.765. The number of carbonyl (C=O) groups excluding carboxylic acids is 1. The number of nitrogens with two attached hydrogens (primary N) is 1. The zero-order chi connectivity index (χ0) is 13.4. The Labute approximate surface area is 111 Å². The second-order valence-electron chi connectivity index (χ2n) is 4.80. The van der Waals surface area contributed by atoms with Crippen LogP contribution in [0, 0.1) is 6.92 Å². The van der Waals surface area contributed by atoms with Gasteiger partial charge in [0.2, 0.25) is 5.91 Å². The summed E-state index contributed by atoms with van der Waals surface area (Å²) in [6.45, 7) is 2.43. The lowest BCUT2D eigenvalue weighted by Gasteiger charge is -2.17. The molecule has 4 N–H and O–H groups in total. The Bertz CT molecular complexity index is 645. The maximum atomic E-state index is 11.3. The number of aryl methyl sites for hydroxylation is 2. The van der Waals surface area contributed by atoms with Crippen molar-refractivity contribution in [2.24, 2.45) is 5.73 Å². The molecule has 1 aromatic carbocycles. The maximum absolute atomic E-state index is 11.3. The lowest BCUT2D eigenvalue weighted by molar-refractivity contribution is -0.116. The third-order valence-electron chi connectivity index (χ3n) is 3.55. The second kappa shape index (κ2) is 4.51. The molecule has 5 nitrogen and oxygen atoms in total. The lowest BCUT2D eigenvalue weighted by Crippen LogP contribution is -2.18. The summed E-state index contributed by atoms with van der Waals surface area (Å²) in [5.41, 5.74) is 11.8. The fraction of sp³-hybridized carbons (Fsp3) is 0.286. The number of rotatable bonds is 2. The molecule has 3 rings (SSSR count). The van der Waals surface area contributed by atoms with Crippen LogP contribution in [0.2, 0.25) is 0 Å². The van der Waals surface area contributed by atoms with Crippen LogP contribution in [0.15, 0.2) is 18.2 Å². The highest BCUT2D eigenvalue weighted by atomic mass is 16.1. The van der Waals surface area contributed by atoms with Crippen LogP contribution >= 0.6 is 0 Å². The Balaban J connectivity index is 2.04. The fourth-order valence-electron chi connectivity index (χ4n) is 2.47. The summed E-state index contributed by atoms with van der Waals surface area (Å²) in [5.74, 6) is 0.0820. The molecular formula is C14H16N4O. The molecule has 0 aliphatic carbocycles. The van der Waals surface area contributed by atoms with Gasteiger partial charge in [-0.2, -0.15) is 5.10 Å². The van der Waals surface area contributed by atoms with Crippen LogP contribution in [0.25, 0.3) is 11.3 Å². The molecule has 1 aliphatic rings. The number of H-pyrrole nitrogens is 1. The SMILES string of the molecule is Cc1[nH]nc(-c2ccc3c(c2)CCC(=O)N3)c1CN. The topological polar surface area (TPSA) is 83.8 Å². The number of fused-ring (bicyclic) bond motifs is 1. The van der Waals surface area contributed by atoms with Gasteiger partial charge in [-0.25, -0.2) is 0 Å².